The minimum absolute atomic E-state index is 0.0271. The van der Waals surface area contributed by atoms with Gasteiger partial charge >= 0.3 is 0 Å². The van der Waals surface area contributed by atoms with Gasteiger partial charge in [0.2, 0.25) is 5.91 Å². The van der Waals surface area contributed by atoms with Crippen molar-refractivity contribution in [2.45, 2.75) is 19.3 Å². The van der Waals surface area contributed by atoms with Crippen LogP contribution in [0.1, 0.15) is 30.4 Å². The van der Waals surface area contributed by atoms with Gasteiger partial charge in [0.05, 0.1) is 10.6 Å². The molecule has 0 spiro atoms. The molecule has 6 nitrogen and oxygen atoms in total. The maximum atomic E-state index is 12.2. The van der Waals surface area contributed by atoms with Crippen LogP contribution in [0.5, 0.6) is 0 Å². The molecule has 0 aromatic heterocycles. The van der Waals surface area contributed by atoms with Crippen LogP contribution in [0.15, 0.2) is 59.7 Å². The molecule has 3 rings (SSSR count). The Bertz CT molecular complexity index is 785. The van der Waals surface area contributed by atoms with Crippen LogP contribution < -0.4 is 5.43 Å². The highest BCUT2D eigenvalue weighted by Gasteiger charge is 2.43. The van der Waals surface area contributed by atoms with E-state index in [9.17, 15) is 14.9 Å². The van der Waals surface area contributed by atoms with Crippen molar-refractivity contribution >= 4 is 17.3 Å². The molecule has 0 radical (unpaired) electrons. The Morgan fingerprint density at radius 1 is 1.17 bits per heavy atom. The van der Waals surface area contributed by atoms with Gasteiger partial charge in [0, 0.05) is 18.1 Å². The number of nitrogens with zero attached hydrogens (tertiary/aromatic N) is 2. The Balaban J connectivity index is 1.59. The lowest BCUT2D eigenvalue weighted by Gasteiger charge is -2.03. The van der Waals surface area contributed by atoms with Crippen molar-refractivity contribution in [2.75, 3.05) is 0 Å². The molecular weight excluding hydrogens is 306 g/mol. The zero-order valence-electron chi connectivity index (χ0n) is 13.2. The summed E-state index contributed by atoms with van der Waals surface area (Å²) >= 11 is 0. The second-order valence-corrected chi connectivity index (χ2v) is 5.84. The lowest BCUT2D eigenvalue weighted by molar-refractivity contribution is -0.384. The number of hydrazone groups is 1. The van der Waals surface area contributed by atoms with E-state index >= 15 is 0 Å². The fourth-order valence-electron chi connectivity index (χ4n) is 2.66. The minimum Gasteiger partial charge on any atom is -0.273 e. The summed E-state index contributed by atoms with van der Waals surface area (Å²) in [7, 11) is 0. The van der Waals surface area contributed by atoms with Crippen molar-refractivity contribution in [1.29, 1.82) is 0 Å². The van der Waals surface area contributed by atoms with Gasteiger partial charge in [0.1, 0.15) is 0 Å². The molecule has 0 aliphatic heterocycles. The average Bonchev–Trinajstić information content (AvgIpc) is 3.41. The lowest BCUT2D eigenvalue weighted by atomic mass is 10.1. The van der Waals surface area contributed by atoms with E-state index in [1.54, 1.807) is 19.1 Å². The molecule has 0 unspecified atom stereocenters. The molecule has 24 heavy (non-hydrogen) atoms. The number of carbonyl (C=O) groups excluding carboxylic acids is 1. The number of hydrogen-bond donors (Lipinski definition) is 1. The number of amides is 1. The number of nitrogens with one attached hydrogen (secondary N) is 1. The molecule has 122 valence electrons. The fourth-order valence-corrected chi connectivity index (χ4v) is 2.66. The zero-order valence-corrected chi connectivity index (χ0v) is 13.2. The monoisotopic (exact) mass is 323 g/mol. The summed E-state index contributed by atoms with van der Waals surface area (Å²) in [6, 6.07) is 16.0. The third-order valence-corrected chi connectivity index (χ3v) is 4.18. The molecule has 1 N–H and O–H groups in total. The van der Waals surface area contributed by atoms with E-state index in [1.165, 1.54) is 17.7 Å². The second kappa shape index (κ2) is 6.62. The van der Waals surface area contributed by atoms with Crippen LogP contribution >= 0.6 is 0 Å². The Morgan fingerprint density at radius 3 is 2.46 bits per heavy atom. The molecule has 0 heterocycles. The van der Waals surface area contributed by atoms with E-state index < -0.39 is 4.92 Å². The fraction of sp³-hybridized carbons (Fsp3) is 0.222. The molecule has 2 atom stereocenters. The summed E-state index contributed by atoms with van der Waals surface area (Å²) in [5, 5.41) is 14.8. The van der Waals surface area contributed by atoms with Crippen molar-refractivity contribution in [3.8, 4) is 0 Å². The Kier molecular flexibility index (Phi) is 4.37. The predicted octanol–water partition coefficient (Wildman–Crippen LogP) is 3.24. The second-order valence-electron chi connectivity index (χ2n) is 5.84. The largest absolute Gasteiger partial charge is 0.273 e. The van der Waals surface area contributed by atoms with Crippen molar-refractivity contribution < 1.29 is 9.72 Å². The Labute approximate surface area is 139 Å². The van der Waals surface area contributed by atoms with Gasteiger partial charge in [-0.15, -0.1) is 0 Å². The molecule has 1 amide bonds. The number of rotatable bonds is 5. The highest BCUT2D eigenvalue weighted by atomic mass is 16.6. The zero-order chi connectivity index (χ0) is 17.1. The van der Waals surface area contributed by atoms with Gasteiger partial charge in [0.15, 0.2) is 0 Å². The highest BCUT2D eigenvalue weighted by Crippen LogP contribution is 2.47. The van der Waals surface area contributed by atoms with Crippen LogP contribution in [-0.4, -0.2) is 16.5 Å². The van der Waals surface area contributed by atoms with E-state index in [4.69, 9.17) is 0 Å². The van der Waals surface area contributed by atoms with Crippen LogP contribution in [0, 0.1) is 16.0 Å². The van der Waals surface area contributed by atoms with Gasteiger partial charge in [-0.2, -0.15) is 5.10 Å². The Morgan fingerprint density at radius 2 is 1.83 bits per heavy atom. The maximum absolute atomic E-state index is 12.2. The lowest BCUT2D eigenvalue weighted by Crippen LogP contribution is -2.21. The normalized spacial score (nSPS) is 19.6. The number of carbonyl (C=O) groups is 1. The van der Waals surface area contributed by atoms with Crippen molar-refractivity contribution in [1.82, 2.24) is 5.43 Å². The van der Waals surface area contributed by atoms with E-state index in [2.05, 4.69) is 10.5 Å². The smallest absolute Gasteiger partial charge is 0.269 e. The molecule has 0 bridgehead atoms. The van der Waals surface area contributed by atoms with Crippen molar-refractivity contribution in [2.24, 2.45) is 11.0 Å². The summed E-state index contributed by atoms with van der Waals surface area (Å²) in [5.41, 5.74) is 5.14. The number of nitro benzene ring substituents is 1. The molecule has 1 saturated carbocycles. The Hall–Kier alpha value is -3.02. The maximum Gasteiger partial charge on any atom is 0.269 e. The summed E-state index contributed by atoms with van der Waals surface area (Å²) in [6.45, 7) is 1.75. The van der Waals surface area contributed by atoms with Gasteiger partial charge < -0.3 is 0 Å². The average molecular weight is 323 g/mol. The molecular formula is C18H17N3O3. The SMILES string of the molecule is C/C(=N\NC(=O)[C@@H]1C[C@H]1c1ccccc1)c1ccc([N+](=O)[O-])cc1. The van der Waals surface area contributed by atoms with Crippen LogP contribution in [0.25, 0.3) is 0 Å². The standard InChI is InChI=1S/C18H17N3O3/c1-12(13-7-9-15(10-8-13)21(23)24)19-20-18(22)17-11-16(17)14-5-3-2-4-6-14/h2-10,16-17H,11H2,1H3,(H,20,22)/b19-12+/t16-,17+/m0/s1. The van der Waals surface area contributed by atoms with Crippen molar-refractivity contribution in [3.63, 3.8) is 0 Å². The molecule has 1 aliphatic carbocycles. The number of non-ortho nitro benzene ring substituents is 1. The van der Waals surface area contributed by atoms with Gasteiger partial charge in [-0.1, -0.05) is 30.3 Å². The number of hydrogen-bond acceptors (Lipinski definition) is 4. The summed E-state index contributed by atoms with van der Waals surface area (Å²) < 4.78 is 0. The molecule has 1 aliphatic rings. The van der Waals surface area contributed by atoms with Gasteiger partial charge in [-0.25, -0.2) is 5.43 Å². The van der Waals surface area contributed by atoms with Gasteiger partial charge in [0.25, 0.3) is 5.69 Å². The molecule has 1 fully saturated rings. The summed E-state index contributed by atoms with van der Waals surface area (Å²) in [6.07, 6.45) is 0.835. The molecule has 0 saturated heterocycles. The summed E-state index contributed by atoms with van der Waals surface area (Å²) in [5.74, 6) is 0.131. The highest BCUT2D eigenvalue weighted by molar-refractivity contribution is 5.99. The van der Waals surface area contributed by atoms with Crippen LogP contribution in [0.4, 0.5) is 5.69 Å². The summed E-state index contributed by atoms with van der Waals surface area (Å²) in [4.78, 5) is 22.4. The van der Waals surface area contributed by atoms with Crippen LogP contribution in [-0.2, 0) is 4.79 Å². The number of nitro groups is 1. The van der Waals surface area contributed by atoms with E-state index in [-0.39, 0.29) is 23.4 Å². The van der Waals surface area contributed by atoms with Gasteiger partial charge in [-0.3, -0.25) is 14.9 Å². The first-order chi connectivity index (χ1) is 11.6. The quantitative estimate of drug-likeness (QED) is 0.521. The molecule has 2 aromatic carbocycles. The first kappa shape index (κ1) is 15.9. The first-order valence-electron chi connectivity index (χ1n) is 7.70. The predicted molar refractivity (Wildman–Crippen MR) is 90.7 cm³/mol. The van der Waals surface area contributed by atoms with E-state index in [1.807, 2.05) is 30.3 Å². The van der Waals surface area contributed by atoms with Crippen molar-refractivity contribution in [3.05, 3.63) is 75.8 Å². The molecule has 2 aromatic rings. The molecule has 6 heteroatoms. The van der Waals surface area contributed by atoms with E-state index in [0.717, 1.165) is 12.0 Å². The first-order valence-corrected chi connectivity index (χ1v) is 7.70. The third kappa shape index (κ3) is 3.48. The van der Waals surface area contributed by atoms with Crippen LogP contribution in [0.2, 0.25) is 0 Å². The van der Waals surface area contributed by atoms with E-state index in [0.29, 0.717) is 5.71 Å². The van der Waals surface area contributed by atoms with Crippen LogP contribution in [0.3, 0.4) is 0 Å². The third-order valence-electron chi connectivity index (χ3n) is 4.18. The van der Waals surface area contributed by atoms with Gasteiger partial charge in [-0.05, 0) is 42.5 Å². The number of benzene rings is 2. The minimum atomic E-state index is -0.450. The topological polar surface area (TPSA) is 84.6 Å².